The Bertz CT molecular complexity index is 484. The van der Waals surface area contributed by atoms with Gasteiger partial charge < -0.3 is 9.63 Å². The van der Waals surface area contributed by atoms with Gasteiger partial charge in [-0.1, -0.05) is 35.5 Å². The lowest BCUT2D eigenvalue weighted by Gasteiger charge is -2.10. The van der Waals surface area contributed by atoms with E-state index in [9.17, 15) is 9.90 Å². The Balaban J connectivity index is 1.94. The van der Waals surface area contributed by atoms with Crippen molar-refractivity contribution in [3.8, 4) is 0 Å². The molecule has 94 valence electrons. The van der Waals surface area contributed by atoms with Crippen molar-refractivity contribution in [1.29, 1.82) is 0 Å². The highest BCUT2D eigenvalue weighted by atomic mass is 32.2. The summed E-state index contributed by atoms with van der Waals surface area (Å²) in [6.07, 6.45) is 2.07. The number of carboxylic acids is 1. The summed E-state index contributed by atoms with van der Waals surface area (Å²) in [5.74, 6) is 0.409. The predicted molar refractivity (Wildman–Crippen MR) is 69.4 cm³/mol. The highest BCUT2D eigenvalue weighted by molar-refractivity contribution is 7.99. The van der Waals surface area contributed by atoms with E-state index in [2.05, 4.69) is 5.16 Å². The molecule has 0 bridgehead atoms. The van der Waals surface area contributed by atoms with E-state index in [4.69, 9.17) is 4.52 Å². The first-order valence-corrected chi connectivity index (χ1v) is 6.58. The van der Waals surface area contributed by atoms with E-state index in [0.29, 0.717) is 17.9 Å². The summed E-state index contributed by atoms with van der Waals surface area (Å²) in [6, 6.07) is 11.4. The maximum atomic E-state index is 11.2. The molecule has 0 fully saturated rings. The third-order valence-electron chi connectivity index (χ3n) is 2.46. The molecule has 18 heavy (non-hydrogen) atoms. The van der Waals surface area contributed by atoms with Gasteiger partial charge in [0, 0.05) is 6.07 Å². The number of carboxylic acid groups (broad SMARTS) is 1. The topological polar surface area (TPSA) is 63.3 Å². The van der Waals surface area contributed by atoms with Gasteiger partial charge in [0.25, 0.3) is 0 Å². The van der Waals surface area contributed by atoms with Gasteiger partial charge in [-0.3, -0.25) is 4.79 Å². The average molecular weight is 263 g/mol. The summed E-state index contributed by atoms with van der Waals surface area (Å²) in [5, 5.41) is 12.3. The minimum absolute atomic E-state index is 0.475. The van der Waals surface area contributed by atoms with E-state index >= 15 is 0 Å². The van der Waals surface area contributed by atoms with Gasteiger partial charge in [0.05, 0.1) is 11.9 Å². The summed E-state index contributed by atoms with van der Waals surface area (Å²) in [4.78, 5) is 11.2. The lowest BCUT2D eigenvalue weighted by atomic mass is 10.1. The monoisotopic (exact) mass is 263 g/mol. The molecule has 1 heterocycles. The molecule has 0 aliphatic heterocycles. The molecule has 2 aromatic rings. The second-order valence-corrected chi connectivity index (χ2v) is 5.00. The average Bonchev–Trinajstić information content (AvgIpc) is 2.88. The van der Waals surface area contributed by atoms with Crippen molar-refractivity contribution in [3.63, 3.8) is 0 Å². The highest BCUT2D eigenvalue weighted by Crippen LogP contribution is 2.21. The molecule has 0 aliphatic carbocycles. The van der Waals surface area contributed by atoms with Crippen molar-refractivity contribution in [3.05, 3.63) is 53.9 Å². The first kappa shape index (κ1) is 12.7. The number of nitrogens with zero attached hydrogens (tertiary/aromatic N) is 1. The van der Waals surface area contributed by atoms with E-state index in [-0.39, 0.29) is 0 Å². The van der Waals surface area contributed by atoms with Gasteiger partial charge in [0.2, 0.25) is 0 Å². The lowest BCUT2D eigenvalue weighted by molar-refractivity contribution is -0.136. The maximum Gasteiger partial charge on any atom is 0.316 e. The van der Waals surface area contributed by atoms with E-state index in [0.717, 1.165) is 5.56 Å². The van der Waals surface area contributed by atoms with Gasteiger partial charge >= 0.3 is 5.97 Å². The van der Waals surface area contributed by atoms with Crippen LogP contribution in [0.5, 0.6) is 0 Å². The Morgan fingerprint density at radius 1 is 1.33 bits per heavy atom. The quantitative estimate of drug-likeness (QED) is 0.868. The third-order valence-corrected chi connectivity index (χ3v) is 3.68. The van der Waals surface area contributed by atoms with Crippen molar-refractivity contribution >= 4 is 17.7 Å². The fourth-order valence-corrected chi connectivity index (χ4v) is 2.51. The molecule has 2 rings (SSSR count). The molecule has 1 unspecified atom stereocenters. The van der Waals surface area contributed by atoms with Crippen LogP contribution in [0.1, 0.15) is 11.3 Å². The van der Waals surface area contributed by atoms with Crippen LogP contribution in [-0.2, 0) is 17.0 Å². The van der Waals surface area contributed by atoms with Crippen molar-refractivity contribution < 1.29 is 14.4 Å². The number of hydrogen-bond donors (Lipinski definition) is 1. The summed E-state index contributed by atoms with van der Waals surface area (Å²) >= 11 is 1.35. The van der Waals surface area contributed by atoms with Crippen molar-refractivity contribution in [2.75, 3.05) is 0 Å². The molecule has 1 aromatic heterocycles. The minimum Gasteiger partial charge on any atom is -0.480 e. The number of hydrogen-bond acceptors (Lipinski definition) is 4. The van der Waals surface area contributed by atoms with Gasteiger partial charge in [0.15, 0.2) is 0 Å². The maximum absolute atomic E-state index is 11.2. The molecule has 0 saturated carbocycles. The smallest absolute Gasteiger partial charge is 0.316 e. The molecule has 1 N–H and O–H groups in total. The van der Waals surface area contributed by atoms with Crippen LogP contribution in [0, 0.1) is 0 Å². The number of benzene rings is 1. The first-order valence-electron chi connectivity index (χ1n) is 5.53. The Labute approximate surface area is 109 Å². The van der Waals surface area contributed by atoms with Crippen LogP contribution in [0.4, 0.5) is 0 Å². The first-order chi connectivity index (χ1) is 8.75. The molecular formula is C13H13NO3S. The number of aliphatic carboxylic acids is 1. The Morgan fingerprint density at radius 2 is 2.11 bits per heavy atom. The fourth-order valence-electron chi connectivity index (χ4n) is 1.55. The van der Waals surface area contributed by atoms with E-state index in [1.54, 1.807) is 12.3 Å². The van der Waals surface area contributed by atoms with E-state index in [1.165, 1.54) is 11.8 Å². The van der Waals surface area contributed by atoms with Gasteiger partial charge in [-0.2, -0.15) is 0 Å². The molecule has 0 amide bonds. The predicted octanol–water partition coefficient (Wildman–Crippen LogP) is 2.60. The molecule has 5 heteroatoms. The van der Waals surface area contributed by atoms with Crippen LogP contribution in [0.3, 0.4) is 0 Å². The number of aromatic nitrogens is 1. The fraction of sp³-hybridized carbons (Fsp3) is 0.231. The van der Waals surface area contributed by atoms with Gasteiger partial charge in [-0.25, -0.2) is 0 Å². The molecule has 4 nitrogen and oxygen atoms in total. The summed E-state index contributed by atoms with van der Waals surface area (Å²) < 4.78 is 4.95. The van der Waals surface area contributed by atoms with E-state index in [1.807, 2.05) is 30.3 Å². The molecule has 0 saturated heterocycles. The second-order valence-electron chi connectivity index (χ2n) is 3.81. The Morgan fingerprint density at radius 3 is 2.72 bits per heavy atom. The number of carbonyl (C=O) groups is 1. The third kappa shape index (κ3) is 3.63. The summed E-state index contributed by atoms with van der Waals surface area (Å²) in [7, 11) is 0. The molecule has 1 aromatic carbocycles. The Hall–Kier alpha value is -1.75. The zero-order chi connectivity index (χ0) is 12.8. The van der Waals surface area contributed by atoms with Crippen LogP contribution in [0.15, 0.2) is 47.1 Å². The van der Waals surface area contributed by atoms with Crippen molar-refractivity contribution in [2.24, 2.45) is 0 Å². The van der Waals surface area contributed by atoms with Gasteiger partial charge in [0.1, 0.15) is 11.0 Å². The van der Waals surface area contributed by atoms with Crippen LogP contribution in [0.25, 0.3) is 0 Å². The summed E-state index contributed by atoms with van der Waals surface area (Å²) in [5.41, 5.74) is 1.02. The van der Waals surface area contributed by atoms with Gasteiger partial charge in [-0.15, -0.1) is 11.8 Å². The SMILES string of the molecule is O=C(O)C(Cc1ccccc1)SCc1ccno1. The molecule has 0 spiro atoms. The highest BCUT2D eigenvalue weighted by Gasteiger charge is 2.19. The molecular weight excluding hydrogens is 250 g/mol. The lowest BCUT2D eigenvalue weighted by Crippen LogP contribution is -2.19. The van der Waals surface area contributed by atoms with Crippen molar-refractivity contribution in [1.82, 2.24) is 5.16 Å². The van der Waals surface area contributed by atoms with Crippen LogP contribution >= 0.6 is 11.8 Å². The Kier molecular flexibility index (Phi) is 4.41. The standard InChI is InChI=1S/C13H13NO3S/c15-13(16)12(8-10-4-2-1-3-5-10)18-9-11-6-7-14-17-11/h1-7,12H,8-9H2,(H,15,16). The molecule has 1 atom stereocenters. The van der Waals surface area contributed by atoms with Gasteiger partial charge in [-0.05, 0) is 12.0 Å². The minimum atomic E-state index is -0.802. The normalized spacial score (nSPS) is 12.2. The molecule has 0 radical (unpaired) electrons. The summed E-state index contributed by atoms with van der Waals surface area (Å²) in [6.45, 7) is 0. The van der Waals surface area contributed by atoms with Crippen LogP contribution in [0.2, 0.25) is 0 Å². The van der Waals surface area contributed by atoms with Crippen LogP contribution in [-0.4, -0.2) is 21.5 Å². The zero-order valence-corrected chi connectivity index (χ0v) is 10.5. The van der Waals surface area contributed by atoms with E-state index < -0.39 is 11.2 Å². The zero-order valence-electron chi connectivity index (χ0n) is 9.65. The number of thioether (sulfide) groups is 1. The largest absolute Gasteiger partial charge is 0.480 e. The van der Waals surface area contributed by atoms with Crippen molar-refractivity contribution in [2.45, 2.75) is 17.4 Å². The van der Waals surface area contributed by atoms with Crippen LogP contribution < -0.4 is 0 Å². The molecule has 0 aliphatic rings. The second kappa shape index (κ2) is 6.26. The number of rotatable bonds is 6.